The van der Waals surface area contributed by atoms with E-state index in [9.17, 15) is 9.59 Å². The normalized spacial score (nSPS) is 11.2. The number of halogens is 1. The van der Waals surface area contributed by atoms with Crippen LogP contribution in [0.3, 0.4) is 0 Å². The SMILES string of the molecule is Cc1ccc2c(c1)c(=O)n(C)c1nnc(COC(=O)c3ccc(I)cc3)n21. The van der Waals surface area contributed by atoms with Crippen molar-refractivity contribution in [3.05, 3.63) is 73.3 Å². The Labute approximate surface area is 167 Å². The van der Waals surface area contributed by atoms with Gasteiger partial charge in [0.25, 0.3) is 5.56 Å². The summed E-state index contributed by atoms with van der Waals surface area (Å²) >= 11 is 2.17. The van der Waals surface area contributed by atoms with Crippen molar-refractivity contribution in [1.29, 1.82) is 0 Å². The van der Waals surface area contributed by atoms with Crippen LogP contribution in [0.4, 0.5) is 0 Å². The first-order valence-electron chi connectivity index (χ1n) is 8.22. The second-order valence-electron chi connectivity index (χ2n) is 6.22. The predicted molar refractivity (Wildman–Crippen MR) is 109 cm³/mol. The molecule has 0 aliphatic carbocycles. The molecule has 0 saturated carbocycles. The van der Waals surface area contributed by atoms with Crippen LogP contribution in [0.15, 0.2) is 47.3 Å². The first kappa shape index (κ1) is 17.7. The summed E-state index contributed by atoms with van der Waals surface area (Å²) in [7, 11) is 1.65. The molecule has 8 heteroatoms. The van der Waals surface area contributed by atoms with Crippen LogP contribution < -0.4 is 5.56 Å². The van der Waals surface area contributed by atoms with E-state index in [1.165, 1.54) is 4.57 Å². The van der Waals surface area contributed by atoms with E-state index in [1.807, 2.05) is 37.3 Å². The number of carbonyl (C=O) groups is 1. The van der Waals surface area contributed by atoms with E-state index in [0.717, 1.165) is 9.13 Å². The first-order valence-corrected chi connectivity index (χ1v) is 9.29. The molecule has 0 bridgehead atoms. The van der Waals surface area contributed by atoms with Crippen LogP contribution in [0.25, 0.3) is 16.7 Å². The average Bonchev–Trinajstić information content (AvgIpc) is 3.09. The van der Waals surface area contributed by atoms with Gasteiger partial charge in [0, 0.05) is 10.6 Å². The second-order valence-corrected chi connectivity index (χ2v) is 7.47. The Kier molecular flexibility index (Phi) is 4.42. The van der Waals surface area contributed by atoms with Crippen molar-refractivity contribution in [2.45, 2.75) is 13.5 Å². The zero-order valence-electron chi connectivity index (χ0n) is 14.6. The molecule has 0 fully saturated rings. The Balaban J connectivity index is 1.74. The van der Waals surface area contributed by atoms with Crippen molar-refractivity contribution in [2.75, 3.05) is 0 Å². The summed E-state index contributed by atoms with van der Waals surface area (Å²) in [4.78, 5) is 24.9. The summed E-state index contributed by atoms with van der Waals surface area (Å²) in [5.41, 5.74) is 2.00. The van der Waals surface area contributed by atoms with Crippen molar-refractivity contribution >= 4 is 45.2 Å². The molecule has 0 spiro atoms. The summed E-state index contributed by atoms with van der Waals surface area (Å²) in [6.07, 6.45) is 0. The van der Waals surface area contributed by atoms with Crippen LogP contribution in [0.5, 0.6) is 0 Å². The number of benzene rings is 2. The Bertz CT molecular complexity index is 1240. The molecule has 2 aromatic carbocycles. The van der Waals surface area contributed by atoms with Gasteiger partial charge in [-0.15, -0.1) is 10.2 Å². The number of aromatic nitrogens is 4. The fourth-order valence-electron chi connectivity index (χ4n) is 2.95. The number of fused-ring (bicyclic) bond motifs is 3. The van der Waals surface area contributed by atoms with Gasteiger partial charge in [0.15, 0.2) is 12.4 Å². The average molecular weight is 474 g/mol. The van der Waals surface area contributed by atoms with E-state index >= 15 is 0 Å². The minimum absolute atomic E-state index is 0.0484. The highest BCUT2D eigenvalue weighted by atomic mass is 127. The topological polar surface area (TPSA) is 78.5 Å². The van der Waals surface area contributed by atoms with Gasteiger partial charge in [0.1, 0.15) is 0 Å². The van der Waals surface area contributed by atoms with Crippen molar-refractivity contribution in [3.63, 3.8) is 0 Å². The molecule has 0 radical (unpaired) electrons. The molecule has 2 heterocycles. The fraction of sp³-hybridized carbons (Fsp3) is 0.158. The molecule has 2 aromatic heterocycles. The molecule has 136 valence electrons. The third-order valence-electron chi connectivity index (χ3n) is 4.35. The molecule has 0 unspecified atom stereocenters. The summed E-state index contributed by atoms with van der Waals surface area (Å²) < 4.78 is 9.64. The van der Waals surface area contributed by atoms with Gasteiger partial charge in [-0.05, 0) is 65.9 Å². The minimum Gasteiger partial charge on any atom is -0.454 e. The summed E-state index contributed by atoms with van der Waals surface area (Å²) in [6.45, 7) is 1.88. The molecule has 0 amide bonds. The highest BCUT2D eigenvalue weighted by molar-refractivity contribution is 14.1. The van der Waals surface area contributed by atoms with Crippen molar-refractivity contribution < 1.29 is 9.53 Å². The van der Waals surface area contributed by atoms with Crippen molar-refractivity contribution in [2.24, 2.45) is 7.05 Å². The van der Waals surface area contributed by atoms with Crippen LogP contribution >= 0.6 is 22.6 Å². The van der Waals surface area contributed by atoms with Crippen LogP contribution in [0.2, 0.25) is 0 Å². The first-order chi connectivity index (χ1) is 13.0. The predicted octanol–water partition coefficient (Wildman–Crippen LogP) is 2.85. The highest BCUT2D eigenvalue weighted by Crippen LogP contribution is 2.17. The third kappa shape index (κ3) is 3.09. The number of nitrogens with zero attached hydrogens (tertiary/aromatic N) is 4. The van der Waals surface area contributed by atoms with E-state index in [2.05, 4.69) is 32.8 Å². The number of aryl methyl sites for hydroxylation is 2. The molecule has 4 aromatic rings. The lowest BCUT2D eigenvalue weighted by molar-refractivity contribution is 0.0461. The third-order valence-corrected chi connectivity index (χ3v) is 5.07. The maximum atomic E-state index is 12.6. The minimum atomic E-state index is -0.437. The van der Waals surface area contributed by atoms with Crippen LogP contribution in [0, 0.1) is 10.5 Å². The maximum absolute atomic E-state index is 12.6. The van der Waals surface area contributed by atoms with Crippen molar-refractivity contribution in [1.82, 2.24) is 19.2 Å². The van der Waals surface area contributed by atoms with Gasteiger partial charge in [0.2, 0.25) is 5.78 Å². The number of esters is 1. The van der Waals surface area contributed by atoms with Crippen molar-refractivity contribution in [3.8, 4) is 0 Å². The lowest BCUT2D eigenvalue weighted by atomic mass is 10.1. The van der Waals surface area contributed by atoms with Gasteiger partial charge in [-0.3, -0.25) is 13.8 Å². The molecule has 0 saturated heterocycles. The number of hydrogen-bond donors (Lipinski definition) is 0. The Morgan fingerprint density at radius 3 is 2.63 bits per heavy atom. The Hall–Kier alpha value is -2.75. The molecular formula is C19H15IN4O3. The van der Waals surface area contributed by atoms with Gasteiger partial charge in [0.05, 0.1) is 16.5 Å². The van der Waals surface area contributed by atoms with E-state index in [0.29, 0.717) is 28.1 Å². The quantitative estimate of drug-likeness (QED) is 0.337. The van der Waals surface area contributed by atoms with Gasteiger partial charge in [-0.2, -0.15) is 0 Å². The maximum Gasteiger partial charge on any atom is 0.338 e. The van der Waals surface area contributed by atoms with Gasteiger partial charge >= 0.3 is 5.97 Å². The van der Waals surface area contributed by atoms with Crippen LogP contribution in [0.1, 0.15) is 21.7 Å². The summed E-state index contributed by atoms with van der Waals surface area (Å²) in [5, 5.41) is 8.79. The van der Waals surface area contributed by atoms with Gasteiger partial charge in [-0.25, -0.2) is 4.79 Å². The largest absolute Gasteiger partial charge is 0.454 e. The number of hydrogen-bond acceptors (Lipinski definition) is 5. The lowest BCUT2D eigenvalue weighted by Gasteiger charge is -2.09. The van der Waals surface area contributed by atoms with Crippen LogP contribution in [-0.2, 0) is 18.4 Å². The highest BCUT2D eigenvalue weighted by Gasteiger charge is 2.16. The molecule has 0 aliphatic heterocycles. The fourth-order valence-corrected chi connectivity index (χ4v) is 3.31. The smallest absolute Gasteiger partial charge is 0.338 e. The molecular weight excluding hydrogens is 459 g/mol. The van der Waals surface area contributed by atoms with Gasteiger partial charge < -0.3 is 4.74 Å². The van der Waals surface area contributed by atoms with E-state index in [-0.39, 0.29) is 12.2 Å². The Morgan fingerprint density at radius 2 is 1.89 bits per heavy atom. The number of ether oxygens (including phenoxy) is 1. The molecule has 0 aliphatic rings. The van der Waals surface area contributed by atoms with E-state index in [1.54, 1.807) is 23.6 Å². The second kappa shape index (κ2) is 6.76. The summed E-state index contributed by atoms with van der Waals surface area (Å²) in [5.74, 6) is 0.415. The van der Waals surface area contributed by atoms with E-state index < -0.39 is 5.97 Å². The number of rotatable bonds is 3. The van der Waals surface area contributed by atoms with Crippen LogP contribution in [-0.4, -0.2) is 25.1 Å². The Morgan fingerprint density at radius 1 is 1.15 bits per heavy atom. The standard InChI is InChI=1S/C19H15IN4O3/c1-11-3-8-15-14(9-11)17(25)23(2)19-22-21-16(24(15)19)10-27-18(26)12-4-6-13(20)7-5-12/h3-9H,10H2,1-2H3. The van der Waals surface area contributed by atoms with Gasteiger partial charge in [-0.1, -0.05) is 11.6 Å². The molecule has 7 nitrogen and oxygen atoms in total. The number of carbonyl (C=O) groups excluding carboxylic acids is 1. The lowest BCUT2D eigenvalue weighted by Crippen LogP contribution is -2.20. The summed E-state index contributed by atoms with van der Waals surface area (Å²) in [6, 6.07) is 12.7. The molecule has 0 N–H and O–H groups in total. The molecule has 0 atom stereocenters. The monoisotopic (exact) mass is 474 g/mol. The molecule has 27 heavy (non-hydrogen) atoms. The zero-order chi connectivity index (χ0) is 19.1. The zero-order valence-corrected chi connectivity index (χ0v) is 16.8. The van der Waals surface area contributed by atoms with E-state index in [4.69, 9.17) is 4.74 Å². The molecule has 4 rings (SSSR count).